The van der Waals surface area contributed by atoms with E-state index in [1.54, 1.807) is 6.92 Å². The molecule has 1 aliphatic heterocycles. The molecule has 3 nitrogen and oxygen atoms in total. The molecule has 0 radical (unpaired) electrons. The number of piperidine rings is 1. The van der Waals surface area contributed by atoms with Gasteiger partial charge in [0.15, 0.2) is 0 Å². The third-order valence-electron chi connectivity index (χ3n) is 4.25. The maximum atomic E-state index is 9.67. The molecule has 0 unspecified atom stereocenters. The van der Waals surface area contributed by atoms with E-state index in [1.807, 2.05) is 6.07 Å². The van der Waals surface area contributed by atoms with Crippen LogP contribution in [0.3, 0.4) is 0 Å². The van der Waals surface area contributed by atoms with Crippen LogP contribution >= 0.6 is 15.9 Å². The summed E-state index contributed by atoms with van der Waals surface area (Å²) in [6.45, 7) is 5.32. The standard InChI is InChI=1S/C16H25BrN2O/c1-12(20)15-5-4-14(10-16(15)17)19(3)11-13-6-8-18(2)9-7-13/h4-5,10,12-13,20H,6-9,11H2,1-3H3/t12-/m1/s1. The molecular weight excluding hydrogens is 316 g/mol. The largest absolute Gasteiger partial charge is 0.389 e. The zero-order valence-corrected chi connectivity index (χ0v) is 14.2. The first kappa shape index (κ1) is 15.8. The monoisotopic (exact) mass is 340 g/mol. The number of nitrogens with zero attached hydrogens (tertiary/aromatic N) is 2. The number of benzene rings is 1. The molecule has 2 rings (SSSR count). The van der Waals surface area contributed by atoms with Gasteiger partial charge in [-0.15, -0.1) is 0 Å². The minimum absolute atomic E-state index is 0.433. The van der Waals surface area contributed by atoms with Gasteiger partial charge in [-0.3, -0.25) is 0 Å². The lowest BCUT2D eigenvalue weighted by molar-refractivity contribution is 0.198. The molecule has 1 saturated heterocycles. The van der Waals surface area contributed by atoms with Crippen molar-refractivity contribution in [3.63, 3.8) is 0 Å². The second kappa shape index (κ2) is 6.92. The molecule has 0 amide bonds. The number of rotatable bonds is 4. The van der Waals surface area contributed by atoms with Crippen molar-refractivity contribution in [3.8, 4) is 0 Å². The van der Waals surface area contributed by atoms with Gasteiger partial charge in [-0.05, 0) is 63.5 Å². The molecule has 0 aliphatic carbocycles. The topological polar surface area (TPSA) is 26.7 Å². The Morgan fingerprint density at radius 1 is 1.40 bits per heavy atom. The summed E-state index contributed by atoms with van der Waals surface area (Å²) in [5.41, 5.74) is 2.15. The molecule has 1 aromatic rings. The van der Waals surface area contributed by atoms with E-state index in [4.69, 9.17) is 0 Å². The van der Waals surface area contributed by atoms with Gasteiger partial charge in [-0.2, -0.15) is 0 Å². The first-order valence-corrected chi connectivity index (χ1v) is 8.14. The third-order valence-corrected chi connectivity index (χ3v) is 4.93. The van der Waals surface area contributed by atoms with E-state index in [9.17, 15) is 5.11 Å². The molecule has 1 N–H and O–H groups in total. The third kappa shape index (κ3) is 3.96. The summed E-state index contributed by atoms with van der Waals surface area (Å²) < 4.78 is 0.986. The van der Waals surface area contributed by atoms with Crippen molar-refractivity contribution in [2.75, 3.05) is 38.6 Å². The molecule has 0 spiro atoms. The van der Waals surface area contributed by atoms with Crippen LogP contribution in [-0.2, 0) is 0 Å². The molecule has 1 aliphatic rings. The molecule has 1 atom stereocenters. The average Bonchev–Trinajstić information content (AvgIpc) is 2.40. The fourth-order valence-corrected chi connectivity index (χ4v) is 3.53. The summed E-state index contributed by atoms with van der Waals surface area (Å²) >= 11 is 3.56. The Morgan fingerprint density at radius 3 is 2.60 bits per heavy atom. The van der Waals surface area contributed by atoms with E-state index in [2.05, 4.69) is 52.0 Å². The number of anilines is 1. The Bertz CT molecular complexity index is 442. The molecule has 1 heterocycles. The summed E-state index contributed by atoms with van der Waals surface area (Å²) in [5, 5.41) is 9.67. The molecule has 112 valence electrons. The van der Waals surface area contributed by atoms with Crippen molar-refractivity contribution in [1.82, 2.24) is 4.90 Å². The van der Waals surface area contributed by atoms with Gasteiger partial charge in [0, 0.05) is 23.8 Å². The highest BCUT2D eigenvalue weighted by Gasteiger charge is 2.18. The van der Waals surface area contributed by atoms with Gasteiger partial charge < -0.3 is 14.9 Å². The molecule has 1 aromatic carbocycles. The van der Waals surface area contributed by atoms with Crippen molar-refractivity contribution in [2.24, 2.45) is 5.92 Å². The van der Waals surface area contributed by atoms with Gasteiger partial charge in [0.1, 0.15) is 0 Å². The van der Waals surface area contributed by atoms with Crippen LogP contribution in [0, 0.1) is 5.92 Å². The molecule has 0 aromatic heterocycles. The summed E-state index contributed by atoms with van der Waals surface area (Å²) in [5.74, 6) is 0.784. The van der Waals surface area contributed by atoms with Crippen LogP contribution in [0.2, 0.25) is 0 Å². The SMILES string of the molecule is C[C@@H](O)c1ccc(N(C)CC2CCN(C)CC2)cc1Br. The summed E-state index contributed by atoms with van der Waals surface area (Å²) in [6, 6.07) is 6.22. The maximum Gasteiger partial charge on any atom is 0.0772 e. The van der Waals surface area contributed by atoms with Gasteiger partial charge in [0.2, 0.25) is 0 Å². The van der Waals surface area contributed by atoms with Crippen LogP contribution in [0.15, 0.2) is 22.7 Å². The van der Waals surface area contributed by atoms with E-state index < -0.39 is 6.10 Å². The predicted molar refractivity (Wildman–Crippen MR) is 88.3 cm³/mol. The lowest BCUT2D eigenvalue weighted by Crippen LogP contribution is -2.35. The van der Waals surface area contributed by atoms with Crippen LogP contribution in [0.4, 0.5) is 5.69 Å². The molecule has 0 bridgehead atoms. The predicted octanol–water partition coefficient (Wildman–Crippen LogP) is 3.28. The van der Waals surface area contributed by atoms with Crippen LogP contribution < -0.4 is 4.90 Å². The maximum absolute atomic E-state index is 9.67. The quantitative estimate of drug-likeness (QED) is 0.911. The number of aliphatic hydroxyl groups is 1. The van der Waals surface area contributed by atoms with Crippen LogP contribution in [0.1, 0.15) is 31.4 Å². The Balaban J connectivity index is 1.98. The summed E-state index contributed by atoms with van der Waals surface area (Å²) in [6.07, 6.45) is 2.14. The van der Waals surface area contributed by atoms with Crippen LogP contribution in [-0.4, -0.2) is 43.7 Å². The number of aliphatic hydroxyl groups excluding tert-OH is 1. The normalized spacial score (nSPS) is 19.1. The lowest BCUT2D eigenvalue weighted by Gasteiger charge is -2.32. The van der Waals surface area contributed by atoms with Gasteiger partial charge in [-0.25, -0.2) is 0 Å². The van der Waals surface area contributed by atoms with Crippen LogP contribution in [0.5, 0.6) is 0 Å². The number of halogens is 1. The highest BCUT2D eigenvalue weighted by atomic mass is 79.9. The Morgan fingerprint density at radius 2 is 2.05 bits per heavy atom. The Hall–Kier alpha value is -0.580. The van der Waals surface area contributed by atoms with Gasteiger partial charge >= 0.3 is 0 Å². The Kier molecular flexibility index (Phi) is 5.47. The highest BCUT2D eigenvalue weighted by Crippen LogP contribution is 2.29. The smallest absolute Gasteiger partial charge is 0.0772 e. The van der Waals surface area contributed by atoms with Crippen molar-refractivity contribution in [1.29, 1.82) is 0 Å². The van der Waals surface area contributed by atoms with Crippen molar-refractivity contribution in [2.45, 2.75) is 25.9 Å². The first-order valence-electron chi connectivity index (χ1n) is 7.34. The van der Waals surface area contributed by atoms with E-state index in [-0.39, 0.29) is 0 Å². The van der Waals surface area contributed by atoms with Crippen LogP contribution in [0.25, 0.3) is 0 Å². The average molecular weight is 341 g/mol. The van der Waals surface area contributed by atoms with Gasteiger partial charge in [0.25, 0.3) is 0 Å². The van der Waals surface area contributed by atoms with E-state index in [0.29, 0.717) is 0 Å². The van der Waals surface area contributed by atoms with Gasteiger partial charge in [-0.1, -0.05) is 22.0 Å². The zero-order chi connectivity index (χ0) is 14.7. The molecule has 20 heavy (non-hydrogen) atoms. The number of hydrogen-bond acceptors (Lipinski definition) is 3. The minimum atomic E-state index is -0.433. The fourth-order valence-electron chi connectivity index (χ4n) is 2.83. The fraction of sp³-hybridized carbons (Fsp3) is 0.625. The molecule has 1 fully saturated rings. The molecule has 4 heteroatoms. The molecule has 0 saturated carbocycles. The van der Waals surface area contributed by atoms with Crippen molar-refractivity contribution in [3.05, 3.63) is 28.2 Å². The van der Waals surface area contributed by atoms with E-state index in [0.717, 1.165) is 22.5 Å². The first-order chi connectivity index (χ1) is 9.47. The molecular formula is C16H25BrN2O. The van der Waals surface area contributed by atoms with Gasteiger partial charge in [0.05, 0.1) is 6.10 Å². The minimum Gasteiger partial charge on any atom is -0.389 e. The zero-order valence-electron chi connectivity index (χ0n) is 12.6. The van der Waals surface area contributed by atoms with E-state index >= 15 is 0 Å². The number of likely N-dealkylation sites (tertiary alicyclic amines) is 1. The Labute approximate surface area is 130 Å². The summed E-state index contributed by atoms with van der Waals surface area (Å²) in [7, 11) is 4.36. The summed E-state index contributed by atoms with van der Waals surface area (Å²) in [4.78, 5) is 4.73. The van der Waals surface area contributed by atoms with Crippen molar-refractivity contribution < 1.29 is 5.11 Å². The second-order valence-electron chi connectivity index (χ2n) is 6.01. The van der Waals surface area contributed by atoms with E-state index in [1.165, 1.54) is 31.6 Å². The second-order valence-corrected chi connectivity index (χ2v) is 6.86. The highest BCUT2D eigenvalue weighted by molar-refractivity contribution is 9.10. The lowest BCUT2D eigenvalue weighted by atomic mass is 9.96. The number of hydrogen-bond donors (Lipinski definition) is 1. The van der Waals surface area contributed by atoms with Crippen molar-refractivity contribution >= 4 is 21.6 Å².